The topological polar surface area (TPSA) is 76.7 Å². The van der Waals surface area contributed by atoms with Crippen LogP contribution in [0.1, 0.15) is 29.3 Å². The predicted molar refractivity (Wildman–Crippen MR) is 107 cm³/mol. The quantitative estimate of drug-likeness (QED) is 0.505. The molecule has 1 unspecified atom stereocenters. The number of methoxy groups -OCH3 is 1. The summed E-state index contributed by atoms with van der Waals surface area (Å²) >= 11 is 2.08. The van der Waals surface area contributed by atoms with Crippen LogP contribution in [0.2, 0.25) is 0 Å². The van der Waals surface area contributed by atoms with E-state index >= 15 is 0 Å². The monoisotopic (exact) mass is 468 g/mol. The maximum Gasteiger partial charge on any atom is 0.279 e. The molecular weight excluding hydrogens is 447 g/mol. The van der Waals surface area contributed by atoms with Gasteiger partial charge in [-0.25, -0.2) is 0 Å². The SMILES string of the molecule is CCC(Oc1ccccc1C)C(=O)NNC(=O)c1ccc(OC)c(I)c1. The third-order valence-electron chi connectivity index (χ3n) is 3.74. The van der Waals surface area contributed by atoms with Crippen molar-refractivity contribution in [2.75, 3.05) is 7.11 Å². The second kappa shape index (κ2) is 9.42. The van der Waals surface area contributed by atoms with Crippen LogP contribution in [-0.2, 0) is 4.79 Å². The van der Waals surface area contributed by atoms with Gasteiger partial charge in [0.2, 0.25) is 0 Å². The molecule has 6 nitrogen and oxygen atoms in total. The number of nitrogens with one attached hydrogen (secondary N) is 2. The number of carbonyl (C=O) groups excluding carboxylic acids is 2. The van der Waals surface area contributed by atoms with Crippen molar-refractivity contribution < 1.29 is 19.1 Å². The molecule has 0 aliphatic heterocycles. The van der Waals surface area contributed by atoms with Crippen LogP contribution in [0.3, 0.4) is 0 Å². The number of halogens is 1. The van der Waals surface area contributed by atoms with Gasteiger partial charge < -0.3 is 9.47 Å². The minimum Gasteiger partial charge on any atom is -0.496 e. The van der Waals surface area contributed by atoms with E-state index in [9.17, 15) is 9.59 Å². The molecule has 138 valence electrons. The van der Waals surface area contributed by atoms with Crippen molar-refractivity contribution in [3.05, 3.63) is 57.2 Å². The molecule has 0 aromatic heterocycles. The first kappa shape index (κ1) is 20.0. The van der Waals surface area contributed by atoms with Crippen LogP contribution >= 0.6 is 22.6 Å². The summed E-state index contributed by atoms with van der Waals surface area (Å²) in [6, 6.07) is 12.5. The van der Waals surface area contributed by atoms with E-state index in [4.69, 9.17) is 9.47 Å². The summed E-state index contributed by atoms with van der Waals surface area (Å²) in [5.74, 6) is 0.506. The minimum atomic E-state index is -0.701. The van der Waals surface area contributed by atoms with Crippen LogP contribution in [0.5, 0.6) is 11.5 Å². The highest BCUT2D eigenvalue weighted by molar-refractivity contribution is 14.1. The molecule has 2 rings (SSSR count). The lowest BCUT2D eigenvalue weighted by atomic mass is 10.2. The Kier molecular flexibility index (Phi) is 7.26. The zero-order valence-electron chi connectivity index (χ0n) is 14.8. The van der Waals surface area contributed by atoms with E-state index in [1.54, 1.807) is 25.3 Å². The van der Waals surface area contributed by atoms with Gasteiger partial charge in [-0.2, -0.15) is 0 Å². The summed E-state index contributed by atoms with van der Waals surface area (Å²) in [4.78, 5) is 24.5. The molecule has 26 heavy (non-hydrogen) atoms. The van der Waals surface area contributed by atoms with E-state index in [-0.39, 0.29) is 0 Å². The summed E-state index contributed by atoms with van der Waals surface area (Å²) in [6.07, 6.45) is -0.233. The first-order valence-electron chi connectivity index (χ1n) is 8.12. The van der Waals surface area contributed by atoms with Crippen LogP contribution in [0, 0.1) is 10.5 Å². The van der Waals surface area contributed by atoms with Crippen molar-refractivity contribution >= 4 is 34.4 Å². The third-order valence-corrected chi connectivity index (χ3v) is 4.58. The van der Waals surface area contributed by atoms with Gasteiger partial charge in [-0.15, -0.1) is 0 Å². The Bertz CT molecular complexity index is 795. The van der Waals surface area contributed by atoms with Gasteiger partial charge in [0.05, 0.1) is 10.7 Å². The highest BCUT2D eigenvalue weighted by Gasteiger charge is 2.20. The fourth-order valence-electron chi connectivity index (χ4n) is 2.24. The number of amides is 2. The van der Waals surface area contributed by atoms with Crippen molar-refractivity contribution in [1.29, 1.82) is 0 Å². The van der Waals surface area contributed by atoms with Crippen LogP contribution in [0.15, 0.2) is 42.5 Å². The fraction of sp³-hybridized carbons (Fsp3) is 0.263. The molecule has 0 fully saturated rings. The average Bonchev–Trinajstić information content (AvgIpc) is 2.65. The predicted octanol–water partition coefficient (Wildman–Crippen LogP) is 3.23. The van der Waals surface area contributed by atoms with Gasteiger partial charge in [0.15, 0.2) is 6.10 Å². The van der Waals surface area contributed by atoms with E-state index in [1.807, 2.05) is 38.1 Å². The Morgan fingerprint density at radius 3 is 2.46 bits per heavy atom. The van der Waals surface area contributed by atoms with Crippen molar-refractivity contribution in [3.63, 3.8) is 0 Å². The highest BCUT2D eigenvalue weighted by Crippen LogP contribution is 2.21. The second-order valence-electron chi connectivity index (χ2n) is 5.57. The fourth-order valence-corrected chi connectivity index (χ4v) is 2.98. The molecule has 0 heterocycles. The van der Waals surface area contributed by atoms with E-state index in [2.05, 4.69) is 33.4 Å². The number of aryl methyl sites for hydroxylation is 1. The maximum atomic E-state index is 12.3. The van der Waals surface area contributed by atoms with E-state index in [0.717, 1.165) is 9.13 Å². The summed E-state index contributed by atoms with van der Waals surface area (Å²) in [6.45, 7) is 3.75. The Hall–Kier alpha value is -2.29. The molecule has 0 spiro atoms. The first-order chi connectivity index (χ1) is 12.5. The lowest BCUT2D eigenvalue weighted by Crippen LogP contribution is -2.48. The second-order valence-corrected chi connectivity index (χ2v) is 6.74. The molecule has 0 radical (unpaired) electrons. The van der Waals surface area contributed by atoms with Crippen LogP contribution in [0.25, 0.3) is 0 Å². The number of para-hydroxylation sites is 1. The number of hydrogen-bond donors (Lipinski definition) is 2. The van der Waals surface area contributed by atoms with E-state index in [0.29, 0.717) is 23.5 Å². The van der Waals surface area contributed by atoms with Crippen molar-refractivity contribution in [1.82, 2.24) is 10.9 Å². The standard InChI is InChI=1S/C19H21IN2O4/c1-4-15(26-16-8-6-5-7-12(16)2)19(24)22-21-18(23)13-9-10-17(25-3)14(20)11-13/h5-11,15H,4H2,1-3H3,(H,21,23)(H,22,24). The molecule has 0 bridgehead atoms. The molecule has 2 N–H and O–H groups in total. The Balaban J connectivity index is 1.96. The van der Waals surface area contributed by atoms with Gasteiger partial charge in [0.25, 0.3) is 11.8 Å². The van der Waals surface area contributed by atoms with Crippen molar-refractivity contribution in [3.8, 4) is 11.5 Å². The molecule has 1 atom stereocenters. The van der Waals surface area contributed by atoms with Gasteiger partial charge in [-0.1, -0.05) is 25.1 Å². The highest BCUT2D eigenvalue weighted by atomic mass is 127. The van der Waals surface area contributed by atoms with E-state index in [1.165, 1.54) is 0 Å². The van der Waals surface area contributed by atoms with Gasteiger partial charge in [0, 0.05) is 5.56 Å². The smallest absolute Gasteiger partial charge is 0.279 e. The van der Waals surface area contributed by atoms with Crippen molar-refractivity contribution in [2.24, 2.45) is 0 Å². The molecule has 0 aliphatic rings. The number of hydrazine groups is 1. The van der Waals surface area contributed by atoms with Gasteiger partial charge in [0.1, 0.15) is 11.5 Å². The van der Waals surface area contributed by atoms with Gasteiger partial charge >= 0.3 is 0 Å². The van der Waals surface area contributed by atoms with Crippen LogP contribution < -0.4 is 20.3 Å². The molecule has 2 amide bonds. The lowest BCUT2D eigenvalue weighted by molar-refractivity contribution is -0.128. The number of benzene rings is 2. The zero-order chi connectivity index (χ0) is 19.1. The molecule has 2 aromatic rings. The number of carbonyl (C=O) groups is 2. The Labute approximate surface area is 166 Å². The lowest BCUT2D eigenvalue weighted by Gasteiger charge is -2.18. The Morgan fingerprint density at radius 2 is 1.85 bits per heavy atom. The largest absolute Gasteiger partial charge is 0.496 e. The molecule has 7 heteroatoms. The Morgan fingerprint density at radius 1 is 1.12 bits per heavy atom. The molecule has 0 saturated carbocycles. The minimum absolute atomic E-state index is 0.410. The first-order valence-corrected chi connectivity index (χ1v) is 9.20. The summed E-state index contributed by atoms with van der Waals surface area (Å²) in [5.41, 5.74) is 6.20. The van der Waals surface area contributed by atoms with Crippen LogP contribution in [0.4, 0.5) is 0 Å². The normalized spacial score (nSPS) is 11.4. The summed E-state index contributed by atoms with van der Waals surface area (Å²) < 4.78 is 11.7. The summed E-state index contributed by atoms with van der Waals surface area (Å²) in [5, 5.41) is 0. The van der Waals surface area contributed by atoms with Gasteiger partial charge in [-0.3, -0.25) is 20.4 Å². The average molecular weight is 468 g/mol. The third kappa shape index (κ3) is 5.10. The number of rotatable bonds is 6. The molecule has 0 aliphatic carbocycles. The maximum absolute atomic E-state index is 12.3. The molecule has 2 aromatic carbocycles. The number of hydrogen-bond acceptors (Lipinski definition) is 4. The summed E-state index contributed by atoms with van der Waals surface area (Å²) in [7, 11) is 1.57. The van der Waals surface area contributed by atoms with Gasteiger partial charge in [-0.05, 0) is 65.8 Å². The molecular formula is C19H21IN2O4. The van der Waals surface area contributed by atoms with E-state index < -0.39 is 17.9 Å². The molecule has 0 saturated heterocycles. The zero-order valence-corrected chi connectivity index (χ0v) is 17.0. The number of ether oxygens (including phenoxy) is 2. The van der Waals surface area contributed by atoms with Crippen molar-refractivity contribution in [2.45, 2.75) is 26.4 Å². The van der Waals surface area contributed by atoms with Crippen LogP contribution in [-0.4, -0.2) is 25.0 Å².